The van der Waals surface area contributed by atoms with Gasteiger partial charge in [-0.25, -0.2) is 12.8 Å². The van der Waals surface area contributed by atoms with Gasteiger partial charge in [-0.1, -0.05) is 24.6 Å². The van der Waals surface area contributed by atoms with Crippen LogP contribution >= 0.6 is 11.6 Å². The summed E-state index contributed by atoms with van der Waals surface area (Å²) in [6.07, 6.45) is 1.24. The average molecular weight is 399 g/mol. The van der Waals surface area contributed by atoms with Crippen molar-refractivity contribution < 1.29 is 17.6 Å². The molecule has 1 amide bonds. The summed E-state index contributed by atoms with van der Waals surface area (Å²) in [7, 11) is -3.77. The van der Waals surface area contributed by atoms with Crippen LogP contribution in [0.25, 0.3) is 0 Å². The summed E-state index contributed by atoms with van der Waals surface area (Å²) in [6.45, 7) is 3.46. The van der Waals surface area contributed by atoms with Gasteiger partial charge in [0.25, 0.3) is 0 Å². The molecule has 1 atom stereocenters. The number of nitrogens with one attached hydrogen (secondary N) is 1. The largest absolute Gasteiger partial charge is 0.324 e. The van der Waals surface area contributed by atoms with E-state index in [0.29, 0.717) is 16.3 Å². The number of carbonyl (C=O) groups excluding carboxylic acids is 1. The first-order valence-electron chi connectivity index (χ1n) is 7.96. The highest BCUT2D eigenvalue weighted by Gasteiger charge is 2.31. The quantitative estimate of drug-likeness (QED) is 0.800. The highest BCUT2D eigenvalue weighted by atomic mass is 35.5. The monoisotopic (exact) mass is 398 g/mol. The van der Waals surface area contributed by atoms with Crippen molar-refractivity contribution in [3.63, 3.8) is 0 Å². The first-order chi connectivity index (χ1) is 12.1. The number of rotatable bonds is 6. The molecule has 0 spiro atoms. The molecule has 0 aliphatic heterocycles. The molecule has 8 heteroatoms. The molecule has 2 aromatic carbocycles. The highest BCUT2D eigenvalue weighted by molar-refractivity contribution is 7.92. The summed E-state index contributed by atoms with van der Waals surface area (Å²) in [5.41, 5.74) is 1.41. The third-order valence-electron chi connectivity index (χ3n) is 3.94. The van der Waals surface area contributed by atoms with E-state index in [4.69, 9.17) is 11.6 Å². The Hall–Kier alpha value is -2.12. The van der Waals surface area contributed by atoms with Crippen LogP contribution in [0.2, 0.25) is 5.02 Å². The maximum atomic E-state index is 13.2. The van der Waals surface area contributed by atoms with E-state index in [2.05, 4.69) is 5.32 Å². The summed E-state index contributed by atoms with van der Waals surface area (Å²) in [6, 6.07) is 9.06. The van der Waals surface area contributed by atoms with Gasteiger partial charge in [0.15, 0.2) is 0 Å². The molecule has 26 heavy (non-hydrogen) atoms. The number of amides is 1. The number of hydrogen-bond donors (Lipinski definition) is 1. The number of halogens is 2. The third-order valence-corrected chi connectivity index (χ3v) is 5.53. The van der Waals surface area contributed by atoms with Crippen LogP contribution in [0.15, 0.2) is 42.5 Å². The van der Waals surface area contributed by atoms with E-state index in [0.717, 1.165) is 22.7 Å². The highest BCUT2D eigenvalue weighted by Crippen LogP contribution is 2.26. The lowest BCUT2D eigenvalue weighted by molar-refractivity contribution is -0.117. The van der Waals surface area contributed by atoms with E-state index in [-0.39, 0.29) is 12.1 Å². The Morgan fingerprint density at radius 2 is 1.85 bits per heavy atom. The average Bonchev–Trinajstić information content (AvgIpc) is 2.56. The van der Waals surface area contributed by atoms with Crippen LogP contribution < -0.4 is 9.62 Å². The fraction of sp³-hybridized carbons (Fsp3) is 0.278. The molecule has 0 bridgehead atoms. The van der Waals surface area contributed by atoms with Gasteiger partial charge in [-0.2, -0.15) is 0 Å². The van der Waals surface area contributed by atoms with Crippen LogP contribution in [0.1, 0.15) is 18.9 Å². The van der Waals surface area contributed by atoms with E-state index in [1.54, 1.807) is 32.0 Å². The van der Waals surface area contributed by atoms with Gasteiger partial charge in [0, 0.05) is 10.7 Å². The summed E-state index contributed by atoms with van der Waals surface area (Å²) in [5, 5.41) is 3.23. The molecule has 0 unspecified atom stereocenters. The molecule has 2 aromatic rings. The van der Waals surface area contributed by atoms with Gasteiger partial charge in [-0.05, 0) is 55.3 Å². The Morgan fingerprint density at radius 3 is 2.38 bits per heavy atom. The van der Waals surface area contributed by atoms with Crippen LogP contribution in [0.4, 0.5) is 15.8 Å². The smallest absolute Gasteiger partial charge is 0.248 e. The summed E-state index contributed by atoms with van der Waals surface area (Å²) in [4.78, 5) is 12.8. The number of carbonyl (C=O) groups is 1. The van der Waals surface area contributed by atoms with Gasteiger partial charge < -0.3 is 5.32 Å². The molecule has 2 rings (SSSR count). The predicted octanol–water partition coefficient (Wildman–Crippen LogP) is 3.97. The second-order valence-corrected chi connectivity index (χ2v) is 8.13. The van der Waals surface area contributed by atoms with Crippen LogP contribution in [0.3, 0.4) is 0 Å². The standard InChI is InChI=1S/C18H20ClFN2O3S/c1-4-17(18(23)21-16-7-5-6-15(19)12(16)2)22(26(3,24)25)14-10-8-13(20)9-11-14/h5-11,17H,4H2,1-3H3,(H,21,23)/t17-/m0/s1. The molecule has 0 heterocycles. The van der Waals surface area contributed by atoms with Gasteiger partial charge in [0.1, 0.15) is 11.9 Å². The normalized spacial score (nSPS) is 12.5. The fourth-order valence-electron chi connectivity index (χ4n) is 2.61. The maximum Gasteiger partial charge on any atom is 0.248 e. The number of benzene rings is 2. The molecule has 0 fully saturated rings. The lowest BCUT2D eigenvalue weighted by Gasteiger charge is -2.30. The van der Waals surface area contributed by atoms with Gasteiger partial charge in [0.05, 0.1) is 11.9 Å². The van der Waals surface area contributed by atoms with Gasteiger partial charge in [-0.15, -0.1) is 0 Å². The lowest BCUT2D eigenvalue weighted by Crippen LogP contribution is -2.47. The van der Waals surface area contributed by atoms with Crippen LogP contribution in [0, 0.1) is 12.7 Å². The number of sulfonamides is 1. The van der Waals surface area contributed by atoms with Crippen molar-refractivity contribution >= 4 is 38.9 Å². The van der Waals surface area contributed by atoms with E-state index in [1.165, 1.54) is 12.1 Å². The lowest BCUT2D eigenvalue weighted by atomic mass is 10.1. The van der Waals surface area contributed by atoms with Crippen molar-refractivity contribution in [2.45, 2.75) is 26.3 Å². The van der Waals surface area contributed by atoms with Crippen molar-refractivity contribution in [2.75, 3.05) is 15.9 Å². The van der Waals surface area contributed by atoms with Crippen molar-refractivity contribution in [1.29, 1.82) is 0 Å². The minimum Gasteiger partial charge on any atom is -0.324 e. The first kappa shape index (κ1) is 20.2. The molecule has 1 N–H and O–H groups in total. The Bertz CT molecular complexity index is 901. The Kier molecular flexibility index (Phi) is 6.26. The van der Waals surface area contributed by atoms with Gasteiger partial charge >= 0.3 is 0 Å². The number of hydrogen-bond acceptors (Lipinski definition) is 3. The third kappa shape index (κ3) is 4.53. The Morgan fingerprint density at radius 1 is 1.23 bits per heavy atom. The molecule has 0 saturated carbocycles. The zero-order chi connectivity index (χ0) is 19.5. The van der Waals surface area contributed by atoms with Crippen LogP contribution in [0.5, 0.6) is 0 Å². The summed E-state index contributed by atoms with van der Waals surface area (Å²) >= 11 is 6.06. The second kappa shape index (κ2) is 8.05. The van der Waals surface area contributed by atoms with Crippen LogP contribution in [-0.4, -0.2) is 26.6 Å². The maximum absolute atomic E-state index is 13.2. The van der Waals surface area contributed by atoms with Gasteiger partial charge in [-0.3, -0.25) is 9.10 Å². The summed E-state index contributed by atoms with van der Waals surface area (Å²) in [5.74, 6) is -0.984. The first-order valence-corrected chi connectivity index (χ1v) is 10.2. The van der Waals surface area contributed by atoms with Crippen molar-refractivity contribution in [1.82, 2.24) is 0 Å². The van der Waals surface area contributed by atoms with Crippen LogP contribution in [-0.2, 0) is 14.8 Å². The second-order valence-electron chi connectivity index (χ2n) is 5.86. The van der Waals surface area contributed by atoms with E-state index in [9.17, 15) is 17.6 Å². The molecular formula is C18H20ClFN2O3S. The summed E-state index contributed by atoms with van der Waals surface area (Å²) < 4.78 is 38.9. The van der Waals surface area contributed by atoms with E-state index < -0.39 is 27.8 Å². The Labute approximate surface area is 157 Å². The van der Waals surface area contributed by atoms with Crippen molar-refractivity contribution in [3.05, 3.63) is 58.9 Å². The van der Waals surface area contributed by atoms with Crippen molar-refractivity contribution in [2.24, 2.45) is 0 Å². The minimum atomic E-state index is -3.77. The van der Waals surface area contributed by atoms with E-state index >= 15 is 0 Å². The predicted molar refractivity (Wildman–Crippen MR) is 103 cm³/mol. The molecule has 140 valence electrons. The zero-order valence-corrected chi connectivity index (χ0v) is 16.2. The molecular weight excluding hydrogens is 379 g/mol. The molecule has 0 aliphatic carbocycles. The minimum absolute atomic E-state index is 0.221. The molecule has 5 nitrogen and oxygen atoms in total. The number of nitrogens with zero attached hydrogens (tertiary/aromatic N) is 1. The number of anilines is 2. The zero-order valence-electron chi connectivity index (χ0n) is 14.7. The molecule has 0 radical (unpaired) electrons. The van der Waals surface area contributed by atoms with Gasteiger partial charge in [0.2, 0.25) is 15.9 Å². The Balaban J connectivity index is 2.40. The van der Waals surface area contributed by atoms with E-state index in [1.807, 2.05) is 0 Å². The molecule has 0 aromatic heterocycles. The van der Waals surface area contributed by atoms with Crippen molar-refractivity contribution in [3.8, 4) is 0 Å². The fourth-order valence-corrected chi connectivity index (χ4v) is 3.99. The topological polar surface area (TPSA) is 66.5 Å². The molecule has 0 aliphatic rings. The SMILES string of the molecule is CC[C@@H](C(=O)Nc1cccc(Cl)c1C)N(c1ccc(F)cc1)S(C)(=O)=O. The molecule has 0 saturated heterocycles.